The maximum absolute atomic E-state index is 11.0. The first-order chi connectivity index (χ1) is 5.74. The third-order valence-electron chi connectivity index (χ3n) is 1.34. The van der Waals surface area contributed by atoms with Gasteiger partial charge in [-0.25, -0.2) is 4.98 Å². The number of likely N-dealkylation sites (N-methyl/N-ethyl adjacent to an activating group) is 1. The quantitative estimate of drug-likeness (QED) is 0.701. The molecule has 1 aromatic heterocycles. The molecule has 1 heterocycles. The molecule has 0 radical (unpaired) electrons. The van der Waals surface area contributed by atoms with E-state index in [1.807, 2.05) is 0 Å². The second-order valence-electron chi connectivity index (χ2n) is 2.23. The Bertz CT molecular complexity index is 248. The highest BCUT2D eigenvalue weighted by Crippen LogP contribution is 2.07. The van der Waals surface area contributed by atoms with E-state index in [9.17, 15) is 4.79 Å². The summed E-state index contributed by atoms with van der Waals surface area (Å²) in [6.45, 7) is 1.76. The van der Waals surface area contributed by atoms with Gasteiger partial charge < -0.3 is 10.6 Å². The van der Waals surface area contributed by atoms with Crippen molar-refractivity contribution in [1.29, 1.82) is 0 Å². The summed E-state index contributed by atoms with van der Waals surface area (Å²) in [4.78, 5) is 14.9. The van der Waals surface area contributed by atoms with Crippen molar-refractivity contribution >= 4 is 22.6 Å². The monoisotopic (exact) mass is 186 g/mol. The van der Waals surface area contributed by atoms with Gasteiger partial charge in [0, 0.05) is 18.6 Å². The molecule has 0 aliphatic rings. The lowest BCUT2D eigenvalue weighted by molar-refractivity contribution is -0.121. The van der Waals surface area contributed by atoms with E-state index >= 15 is 0 Å². The number of aromatic nitrogens is 2. The van der Waals surface area contributed by atoms with E-state index in [1.54, 1.807) is 14.0 Å². The third kappa shape index (κ3) is 2.16. The first kappa shape index (κ1) is 8.92. The molecule has 0 aromatic carbocycles. The third-order valence-corrected chi connectivity index (χ3v) is 1.94. The van der Waals surface area contributed by atoms with Crippen molar-refractivity contribution in [1.82, 2.24) is 14.7 Å². The van der Waals surface area contributed by atoms with Crippen LogP contribution in [0.15, 0.2) is 6.33 Å². The number of hydrogen-bond donors (Lipinski definition) is 2. The van der Waals surface area contributed by atoms with Gasteiger partial charge in [0.05, 0.1) is 0 Å². The predicted molar refractivity (Wildman–Crippen MR) is 47.1 cm³/mol. The second-order valence-corrected chi connectivity index (χ2v) is 3.01. The van der Waals surface area contributed by atoms with E-state index in [2.05, 4.69) is 20.0 Å². The molecule has 0 aliphatic heterocycles. The number of carbonyl (C=O) groups excluding carboxylic acids is 1. The van der Waals surface area contributed by atoms with Gasteiger partial charge in [0.2, 0.25) is 11.0 Å². The lowest BCUT2D eigenvalue weighted by Crippen LogP contribution is -2.35. The molecule has 0 saturated heterocycles. The van der Waals surface area contributed by atoms with Crippen LogP contribution in [-0.2, 0) is 4.79 Å². The van der Waals surface area contributed by atoms with Gasteiger partial charge in [0.15, 0.2) is 0 Å². The summed E-state index contributed by atoms with van der Waals surface area (Å²) < 4.78 is 3.80. The van der Waals surface area contributed by atoms with Crippen molar-refractivity contribution in [3.8, 4) is 0 Å². The maximum Gasteiger partial charge on any atom is 0.242 e. The minimum Gasteiger partial charge on any atom is -0.357 e. The van der Waals surface area contributed by atoms with Crippen LogP contribution in [0.5, 0.6) is 0 Å². The number of anilines is 1. The molecule has 6 heteroatoms. The van der Waals surface area contributed by atoms with Crippen LogP contribution < -0.4 is 10.6 Å². The average Bonchev–Trinajstić information content (AvgIpc) is 2.55. The normalized spacial score (nSPS) is 12.2. The standard InChI is InChI=1S/C6H10N4OS/c1-4(5(11)7-2)10-6-8-3-9-12-6/h3-4H,1-2H3,(H,7,11)(H,8,9,10). The molecular formula is C6H10N4OS. The van der Waals surface area contributed by atoms with Crippen LogP contribution in [0.4, 0.5) is 5.13 Å². The summed E-state index contributed by atoms with van der Waals surface area (Å²) in [5.74, 6) is -0.0646. The fourth-order valence-corrected chi connectivity index (χ4v) is 1.22. The van der Waals surface area contributed by atoms with E-state index in [4.69, 9.17) is 0 Å². The topological polar surface area (TPSA) is 66.9 Å². The largest absolute Gasteiger partial charge is 0.357 e. The highest BCUT2D eigenvalue weighted by atomic mass is 32.1. The van der Waals surface area contributed by atoms with Crippen molar-refractivity contribution in [2.24, 2.45) is 0 Å². The SMILES string of the molecule is CNC(=O)C(C)Nc1ncns1. The fraction of sp³-hybridized carbons (Fsp3) is 0.500. The van der Waals surface area contributed by atoms with Gasteiger partial charge in [-0.1, -0.05) is 0 Å². The number of rotatable bonds is 3. The molecule has 0 saturated carbocycles. The zero-order valence-corrected chi connectivity index (χ0v) is 7.68. The summed E-state index contributed by atoms with van der Waals surface area (Å²) in [5, 5.41) is 6.10. The number of hydrogen-bond acceptors (Lipinski definition) is 5. The van der Waals surface area contributed by atoms with E-state index in [0.717, 1.165) is 0 Å². The van der Waals surface area contributed by atoms with Crippen LogP contribution in [0.2, 0.25) is 0 Å². The van der Waals surface area contributed by atoms with Crippen LogP contribution in [-0.4, -0.2) is 28.4 Å². The molecule has 66 valence electrons. The zero-order valence-electron chi connectivity index (χ0n) is 6.87. The second kappa shape index (κ2) is 4.01. The molecule has 0 fully saturated rings. The van der Waals surface area contributed by atoms with Gasteiger partial charge in [0.25, 0.3) is 0 Å². The molecule has 1 aromatic rings. The lowest BCUT2D eigenvalue weighted by atomic mass is 10.3. The molecular weight excluding hydrogens is 176 g/mol. The summed E-state index contributed by atoms with van der Waals surface area (Å²) in [6, 6.07) is -0.275. The molecule has 1 atom stereocenters. The van der Waals surface area contributed by atoms with Crippen molar-refractivity contribution in [3.05, 3.63) is 6.33 Å². The highest BCUT2D eigenvalue weighted by Gasteiger charge is 2.10. The van der Waals surface area contributed by atoms with Crippen molar-refractivity contribution in [2.45, 2.75) is 13.0 Å². The Morgan fingerprint density at radius 3 is 3.00 bits per heavy atom. The van der Waals surface area contributed by atoms with Crippen molar-refractivity contribution in [3.63, 3.8) is 0 Å². The Morgan fingerprint density at radius 2 is 2.50 bits per heavy atom. The first-order valence-corrected chi connectivity index (χ1v) is 4.26. The molecule has 0 spiro atoms. The van der Waals surface area contributed by atoms with Gasteiger partial charge in [-0.05, 0) is 6.92 Å². The Morgan fingerprint density at radius 1 is 1.75 bits per heavy atom. The maximum atomic E-state index is 11.0. The van der Waals surface area contributed by atoms with Crippen molar-refractivity contribution < 1.29 is 4.79 Å². The Hall–Kier alpha value is -1.17. The molecule has 0 bridgehead atoms. The number of amides is 1. The zero-order chi connectivity index (χ0) is 8.97. The smallest absolute Gasteiger partial charge is 0.242 e. The summed E-state index contributed by atoms with van der Waals surface area (Å²) >= 11 is 1.23. The Kier molecular flexibility index (Phi) is 2.98. The Balaban J connectivity index is 2.47. The summed E-state index contributed by atoms with van der Waals surface area (Å²) in [7, 11) is 1.60. The van der Waals surface area contributed by atoms with Gasteiger partial charge in [-0.3, -0.25) is 4.79 Å². The molecule has 1 unspecified atom stereocenters. The van der Waals surface area contributed by atoms with Crippen LogP contribution >= 0.6 is 11.5 Å². The minimum absolute atomic E-state index is 0.0646. The highest BCUT2D eigenvalue weighted by molar-refractivity contribution is 7.09. The van der Waals surface area contributed by atoms with Gasteiger partial charge in [0.1, 0.15) is 12.4 Å². The van der Waals surface area contributed by atoms with E-state index in [0.29, 0.717) is 5.13 Å². The number of nitrogens with one attached hydrogen (secondary N) is 2. The number of nitrogens with zero attached hydrogens (tertiary/aromatic N) is 2. The average molecular weight is 186 g/mol. The van der Waals surface area contributed by atoms with Crippen molar-refractivity contribution in [2.75, 3.05) is 12.4 Å². The lowest BCUT2D eigenvalue weighted by Gasteiger charge is -2.09. The molecule has 5 nitrogen and oxygen atoms in total. The number of carbonyl (C=O) groups is 1. The summed E-state index contributed by atoms with van der Waals surface area (Å²) in [5.41, 5.74) is 0. The van der Waals surface area contributed by atoms with E-state index in [-0.39, 0.29) is 11.9 Å². The molecule has 1 amide bonds. The van der Waals surface area contributed by atoms with E-state index < -0.39 is 0 Å². The van der Waals surface area contributed by atoms with Gasteiger partial charge in [-0.2, -0.15) is 4.37 Å². The summed E-state index contributed by atoms with van der Waals surface area (Å²) in [6.07, 6.45) is 1.45. The van der Waals surface area contributed by atoms with Gasteiger partial charge in [-0.15, -0.1) is 0 Å². The fourth-order valence-electron chi connectivity index (χ4n) is 0.704. The molecule has 1 rings (SSSR count). The molecule has 12 heavy (non-hydrogen) atoms. The Labute approximate surface area is 74.4 Å². The predicted octanol–water partition coefficient (Wildman–Crippen LogP) is 0.0845. The van der Waals surface area contributed by atoms with Crippen LogP contribution in [0.3, 0.4) is 0 Å². The van der Waals surface area contributed by atoms with Gasteiger partial charge >= 0.3 is 0 Å². The van der Waals surface area contributed by atoms with Crippen LogP contribution in [0, 0.1) is 0 Å². The minimum atomic E-state index is -0.275. The van der Waals surface area contributed by atoms with Crippen LogP contribution in [0.25, 0.3) is 0 Å². The molecule has 0 aliphatic carbocycles. The molecule has 2 N–H and O–H groups in total. The van der Waals surface area contributed by atoms with E-state index in [1.165, 1.54) is 17.9 Å². The first-order valence-electron chi connectivity index (χ1n) is 3.49. The van der Waals surface area contributed by atoms with Crippen LogP contribution in [0.1, 0.15) is 6.92 Å².